The summed E-state index contributed by atoms with van der Waals surface area (Å²) in [5.41, 5.74) is 0.373. The molecule has 2 nitrogen and oxygen atoms in total. The van der Waals surface area contributed by atoms with Crippen LogP contribution in [0, 0.1) is 0 Å². The van der Waals surface area contributed by atoms with E-state index >= 15 is 0 Å². The lowest BCUT2D eigenvalue weighted by molar-refractivity contribution is 0.247. The third kappa shape index (κ3) is 1.61. The molecule has 0 saturated heterocycles. The monoisotopic (exact) mass is 170 g/mol. The van der Waals surface area contributed by atoms with Crippen LogP contribution in [-0.4, -0.2) is 22.8 Å². The van der Waals surface area contributed by atoms with Gasteiger partial charge in [0, 0.05) is 19.8 Å². The molecule has 0 bridgehead atoms. The van der Waals surface area contributed by atoms with Gasteiger partial charge in [0.15, 0.2) is 0 Å². The highest BCUT2D eigenvalue weighted by molar-refractivity contribution is 6.68. The molecule has 0 aromatic heterocycles. The summed E-state index contributed by atoms with van der Waals surface area (Å²) in [7, 11) is 1.50. The van der Waals surface area contributed by atoms with E-state index in [0.29, 0.717) is 5.54 Å². The van der Waals surface area contributed by atoms with Gasteiger partial charge in [0.1, 0.15) is 0 Å². The minimum absolute atomic E-state index is 0.373. The Morgan fingerprint density at radius 3 is 1.91 bits per heavy atom. The molecule has 0 aromatic rings. The zero-order valence-electron chi connectivity index (χ0n) is 7.20. The van der Waals surface area contributed by atoms with Gasteiger partial charge in [-0.1, -0.05) is 24.3 Å². The first kappa shape index (κ1) is 8.71. The van der Waals surface area contributed by atoms with Crippen molar-refractivity contribution in [2.75, 3.05) is 14.2 Å². The van der Waals surface area contributed by atoms with Crippen molar-refractivity contribution in [3.63, 3.8) is 0 Å². The number of allylic oxidation sites excluding steroid dienone is 4. The van der Waals surface area contributed by atoms with Gasteiger partial charge < -0.3 is 8.85 Å². The molecule has 0 unspecified atom stereocenters. The second-order valence-corrected chi connectivity index (χ2v) is 6.23. The van der Waals surface area contributed by atoms with Crippen molar-refractivity contribution >= 4 is 8.56 Å². The van der Waals surface area contributed by atoms with Gasteiger partial charge in [-0.2, -0.15) is 0 Å². The van der Waals surface area contributed by atoms with E-state index in [1.165, 1.54) is 0 Å². The molecule has 11 heavy (non-hydrogen) atoms. The predicted octanol–water partition coefficient (Wildman–Crippen LogP) is 1.85. The molecule has 3 heteroatoms. The number of rotatable bonds is 3. The minimum Gasteiger partial charge on any atom is -0.397 e. The SMILES string of the molecule is CO[Si](C)(OC)C1C=CC=C1. The van der Waals surface area contributed by atoms with Gasteiger partial charge in [-0.3, -0.25) is 0 Å². The maximum Gasteiger partial charge on any atom is 0.345 e. The quantitative estimate of drug-likeness (QED) is 0.602. The fourth-order valence-corrected chi connectivity index (χ4v) is 2.77. The second kappa shape index (κ2) is 3.34. The van der Waals surface area contributed by atoms with Gasteiger partial charge in [0.25, 0.3) is 0 Å². The van der Waals surface area contributed by atoms with Crippen LogP contribution in [0.3, 0.4) is 0 Å². The third-order valence-electron chi connectivity index (χ3n) is 2.16. The lowest BCUT2D eigenvalue weighted by Crippen LogP contribution is -2.39. The molecule has 0 N–H and O–H groups in total. The highest BCUT2D eigenvalue weighted by Crippen LogP contribution is 2.28. The third-order valence-corrected chi connectivity index (χ3v) is 5.38. The Labute approximate surface area is 68.8 Å². The molecular formula is C8H14O2Si. The molecule has 0 fully saturated rings. The molecule has 1 aliphatic carbocycles. The molecule has 0 amide bonds. The maximum absolute atomic E-state index is 5.39. The summed E-state index contributed by atoms with van der Waals surface area (Å²) in [6.45, 7) is 2.07. The summed E-state index contributed by atoms with van der Waals surface area (Å²) in [5, 5.41) is 0. The highest BCUT2D eigenvalue weighted by atomic mass is 28.4. The summed E-state index contributed by atoms with van der Waals surface area (Å²) in [5.74, 6) is 0. The van der Waals surface area contributed by atoms with E-state index in [-0.39, 0.29) is 0 Å². The van der Waals surface area contributed by atoms with Crippen molar-refractivity contribution in [1.29, 1.82) is 0 Å². The smallest absolute Gasteiger partial charge is 0.345 e. The lowest BCUT2D eigenvalue weighted by atomic mass is 10.5. The summed E-state index contributed by atoms with van der Waals surface area (Å²) in [6.07, 6.45) is 8.32. The summed E-state index contributed by atoms with van der Waals surface area (Å²) < 4.78 is 10.8. The van der Waals surface area contributed by atoms with Crippen molar-refractivity contribution in [1.82, 2.24) is 0 Å². The molecule has 0 radical (unpaired) electrons. The normalized spacial score (nSPS) is 18.1. The van der Waals surface area contributed by atoms with Crippen molar-refractivity contribution in [2.24, 2.45) is 0 Å². The maximum atomic E-state index is 5.39. The van der Waals surface area contributed by atoms with Crippen LogP contribution in [0.5, 0.6) is 0 Å². The first-order valence-electron chi connectivity index (χ1n) is 3.68. The van der Waals surface area contributed by atoms with Gasteiger partial charge in [0.2, 0.25) is 0 Å². The van der Waals surface area contributed by atoms with E-state index in [1.54, 1.807) is 14.2 Å². The van der Waals surface area contributed by atoms with Gasteiger partial charge in [0.05, 0.1) is 0 Å². The summed E-state index contributed by atoms with van der Waals surface area (Å²) >= 11 is 0. The number of hydrogen-bond donors (Lipinski definition) is 0. The van der Waals surface area contributed by atoms with Crippen molar-refractivity contribution in [3.8, 4) is 0 Å². The van der Waals surface area contributed by atoms with Crippen LogP contribution in [0.4, 0.5) is 0 Å². The molecule has 0 saturated carbocycles. The van der Waals surface area contributed by atoms with Gasteiger partial charge >= 0.3 is 8.56 Å². The van der Waals surface area contributed by atoms with Crippen molar-refractivity contribution in [2.45, 2.75) is 12.1 Å². The summed E-state index contributed by atoms with van der Waals surface area (Å²) in [6, 6.07) is 0. The largest absolute Gasteiger partial charge is 0.397 e. The molecule has 1 rings (SSSR count). The Morgan fingerprint density at radius 2 is 1.55 bits per heavy atom. The van der Waals surface area contributed by atoms with Crippen LogP contribution in [0.25, 0.3) is 0 Å². The minimum atomic E-state index is -1.94. The van der Waals surface area contributed by atoms with E-state index in [9.17, 15) is 0 Å². The van der Waals surface area contributed by atoms with Gasteiger partial charge in [-0.05, 0) is 6.55 Å². The summed E-state index contributed by atoms with van der Waals surface area (Å²) in [4.78, 5) is 0. The van der Waals surface area contributed by atoms with Crippen LogP contribution < -0.4 is 0 Å². The molecular weight excluding hydrogens is 156 g/mol. The van der Waals surface area contributed by atoms with E-state index in [1.807, 2.05) is 12.2 Å². The fourth-order valence-electron chi connectivity index (χ4n) is 1.14. The Balaban J connectivity index is 2.68. The van der Waals surface area contributed by atoms with Crippen LogP contribution in [0.15, 0.2) is 24.3 Å². The van der Waals surface area contributed by atoms with Crippen LogP contribution in [0.2, 0.25) is 12.1 Å². The highest BCUT2D eigenvalue weighted by Gasteiger charge is 2.36. The average molecular weight is 170 g/mol. The molecule has 0 atom stereocenters. The zero-order valence-corrected chi connectivity index (χ0v) is 8.20. The van der Waals surface area contributed by atoms with Gasteiger partial charge in [-0.15, -0.1) is 0 Å². The fraction of sp³-hybridized carbons (Fsp3) is 0.500. The standard InChI is InChI=1S/C8H14O2Si/c1-9-11(3,10-2)8-6-4-5-7-8/h4-8H,1-3H3. The molecule has 1 aliphatic rings. The Hall–Kier alpha value is -0.383. The van der Waals surface area contributed by atoms with Crippen LogP contribution in [-0.2, 0) is 8.85 Å². The van der Waals surface area contributed by atoms with E-state index in [0.717, 1.165) is 0 Å². The van der Waals surface area contributed by atoms with Crippen LogP contribution in [0.1, 0.15) is 0 Å². The Morgan fingerprint density at radius 1 is 1.09 bits per heavy atom. The molecule has 0 aliphatic heterocycles. The lowest BCUT2D eigenvalue weighted by Gasteiger charge is -2.26. The Kier molecular flexibility index (Phi) is 2.65. The zero-order chi connectivity index (χ0) is 8.32. The average Bonchev–Trinajstić information content (AvgIpc) is 2.55. The van der Waals surface area contributed by atoms with E-state index < -0.39 is 8.56 Å². The number of hydrogen-bond acceptors (Lipinski definition) is 2. The van der Waals surface area contributed by atoms with E-state index in [4.69, 9.17) is 8.85 Å². The van der Waals surface area contributed by atoms with Gasteiger partial charge in [-0.25, -0.2) is 0 Å². The molecule has 0 spiro atoms. The molecule has 62 valence electrons. The van der Waals surface area contributed by atoms with Crippen molar-refractivity contribution < 1.29 is 8.85 Å². The first-order chi connectivity index (χ1) is 5.23. The topological polar surface area (TPSA) is 18.5 Å². The van der Waals surface area contributed by atoms with Crippen molar-refractivity contribution in [3.05, 3.63) is 24.3 Å². The first-order valence-corrected chi connectivity index (χ1v) is 6.07. The Bertz CT molecular complexity index is 171. The predicted molar refractivity (Wildman–Crippen MR) is 47.7 cm³/mol. The van der Waals surface area contributed by atoms with Crippen LogP contribution >= 0.6 is 0 Å². The molecule has 0 aromatic carbocycles. The molecule has 0 heterocycles. The second-order valence-electron chi connectivity index (χ2n) is 2.72. The van der Waals surface area contributed by atoms with E-state index in [2.05, 4.69) is 18.7 Å².